The van der Waals surface area contributed by atoms with Crippen molar-refractivity contribution in [3.63, 3.8) is 0 Å². The minimum absolute atomic E-state index is 0.135. The standard InChI is InChI=1S/C13H22N2OS2/c1-9(6-7-17-3)15(2)13-14-12(10-4-5-10)11(8-16)18-13/h9-10,16H,4-8H2,1-3H3. The smallest absolute Gasteiger partial charge is 0.185 e. The van der Waals surface area contributed by atoms with Gasteiger partial charge < -0.3 is 10.0 Å². The zero-order chi connectivity index (χ0) is 13.1. The number of thiazole rings is 1. The molecular formula is C13H22N2OS2. The average molecular weight is 286 g/mol. The number of anilines is 1. The molecule has 1 aliphatic carbocycles. The van der Waals surface area contributed by atoms with Gasteiger partial charge in [0.2, 0.25) is 0 Å². The van der Waals surface area contributed by atoms with E-state index in [2.05, 4.69) is 25.1 Å². The summed E-state index contributed by atoms with van der Waals surface area (Å²) in [5, 5.41) is 10.5. The Balaban J connectivity index is 2.07. The maximum Gasteiger partial charge on any atom is 0.185 e. The Labute approximate surface area is 118 Å². The lowest BCUT2D eigenvalue weighted by atomic mass is 10.2. The molecule has 1 fully saturated rings. The second-order valence-electron chi connectivity index (χ2n) is 4.98. The summed E-state index contributed by atoms with van der Waals surface area (Å²) in [6.45, 7) is 2.38. The highest BCUT2D eigenvalue weighted by Crippen LogP contribution is 2.44. The summed E-state index contributed by atoms with van der Waals surface area (Å²) >= 11 is 3.54. The number of aliphatic hydroxyl groups excluding tert-OH is 1. The van der Waals surface area contributed by atoms with Crippen molar-refractivity contribution >= 4 is 28.2 Å². The normalized spacial score (nSPS) is 16.9. The monoisotopic (exact) mass is 286 g/mol. The van der Waals surface area contributed by atoms with E-state index in [1.54, 1.807) is 11.3 Å². The first-order valence-corrected chi connectivity index (χ1v) is 8.70. The van der Waals surface area contributed by atoms with Gasteiger partial charge in [-0.05, 0) is 38.2 Å². The highest BCUT2D eigenvalue weighted by atomic mass is 32.2. The van der Waals surface area contributed by atoms with Crippen LogP contribution in [0.4, 0.5) is 5.13 Å². The second kappa shape index (κ2) is 6.26. The van der Waals surface area contributed by atoms with Crippen molar-refractivity contribution in [1.29, 1.82) is 0 Å². The van der Waals surface area contributed by atoms with Crippen LogP contribution in [-0.2, 0) is 6.61 Å². The molecule has 0 radical (unpaired) electrons. The number of thioether (sulfide) groups is 1. The van der Waals surface area contributed by atoms with Crippen LogP contribution < -0.4 is 4.90 Å². The first-order chi connectivity index (χ1) is 8.67. The molecule has 1 N–H and O–H groups in total. The summed E-state index contributed by atoms with van der Waals surface area (Å²) in [5.41, 5.74) is 1.15. The lowest BCUT2D eigenvalue weighted by Gasteiger charge is -2.23. The molecule has 1 aliphatic rings. The van der Waals surface area contributed by atoms with Crippen LogP contribution in [0.25, 0.3) is 0 Å². The number of hydrogen-bond donors (Lipinski definition) is 1. The Hall–Kier alpha value is -0.260. The van der Waals surface area contributed by atoms with Gasteiger partial charge in [-0.25, -0.2) is 4.98 Å². The fourth-order valence-corrected chi connectivity index (χ4v) is 3.61. The maximum atomic E-state index is 9.42. The second-order valence-corrected chi connectivity index (χ2v) is 7.03. The van der Waals surface area contributed by atoms with E-state index in [0.717, 1.165) is 15.7 Å². The van der Waals surface area contributed by atoms with Gasteiger partial charge in [-0.1, -0.05) is 11.3 Å². The highest BCUT2D eigenvalue weighted by Gasteiger charge is 2.30. The molecule has 0 aliphatic heterocycles. The fourth-order valence-electron chi connectivity index (χ4n) is 1.96. The third kappa shape index (κ3) is 3.19. The average Bonchev–Trinajstić information content (AvgIpc) is 3.14. The van der Waals surface area contributed by atoms with Gasteiger partial charge in [0.05, 0.1) is 17.2 Å². The molecule has 18 heavy (non-hydrogen) atoms. The molecule has 0 aromatic carbocycles. The maximum absolute atomic E-state index is 9.42. The van der Waals surface area contributed by atoms with Gasteiger partial charge in [-0.2, -0.15) is 11.8 Å². The van der Waals surface area contributed by atoms with Crippen LogP contribution in [-0.4, -0.2) is 35.2 Å². The minimum atomic E-state index is 0.135. The van der Waals surface area contributed by atoms with Crippen LogP contribution in [0.2, 0.25) is 0 Å². The van der Waals surface area contributed by atoms with Crippen molar-refractivity contribution in [2.75, 3.05) is 24.0 Å². The van der Waals surface area contributed by atoms with Crippen molar-refractivity contribution in [3.05, 3.63) is 10.6 Å². The van der Waals surface area contributed by atoms with Crippen LogP contribution in [0.1, 0.15) is 42.7 Å². The summed E-state index contributed by atoms with van der Waals surface area (Å²) in [6.07, 6.45) is 5.79. The van der Waals surface area contributed by atoms with Crippen LogP contribution in [0.15, 0.2) is 0 Å². The Morgan fingerprint density at radius 2 is 2.28 bits per heavy atom. The molecule has 0 spiro atoms. The van der Waals surface area contributed by atoms with Crippen LogP contribution in [0.5, 0.6) is 0 Å². The summed E-state index contributed by atoms with van der Waals surface area (Å²) in [7, 11) is 2.11. The number of aliphatic hydroxyl groups is 1. The van der Waals surface area contributed by atoms with E-state index in [-0.39, 0.29) is 6.61 Å². The molecular weight excluding hydrogens is 264 g/mol. The predicted molar refractivity (Wildman–Crippen MR) is 80.9 cm³/mol. The zero-order valence-electron chi connectivity index (χ0n) is 11.3. The summed E-state index contributed by atoms with van der Waals surface area (Å²) in [6, 6.07) is 0.502. The largest absolute Gasteiger partial charge is 0.391 e. The number of nitrogens with zero attached hydrogens (tertiary/aromatic N) is 2. The Morgan fingerprint density at radius 3 is 2.83 bits per heavy atom. The van der Waals surface area contributed by atoms with Crippen LogP contribution >= 0.6 is 23.1 Å². The fraction of sp³-hybridized carbons (Fsp3) is 0.769. The van der Waals surface area contributed by atoms with Gasteiger partial charge in [-0.15, -0.1) is 0 Å². The summed E-state index contributed by atoms with van der Waals surface area (Å²) < 4.78 is 0. The van der Waals surface area contributed by atoms with E-state index in [4.69, 9.17) is 4.98 Å². The Bertz CT molecular complexity index is 390. The molecule has 3 nitrogen and oxygen atoms in total. The molecule has 0 saturated heterocycles. The lowest BCUT2D eigenvalue weighted by molar-refractivity contribution is 0.284. The van der Waals surface area contributed by atoms with E-state index in [9.17, 15) is 5.11 Å². The first kappa shape index (κ1) is 14.2. The van der Waals surface area contributed by atoms with Gasteiger partial charge in [0, 0.05) is 19.0 Å². The Kier molecular flexibility index (Phi) is 4.92. The molecule has 5 heteroatoms. The third-order valence-electron chi connectivity index (χ3n) is 3.53. The molecule has 1 saturated carbocycles. The molecule has 1 atom stereocenters. The molecule has 0 amide bonds. The number of hydrogen-bond acceptors (Lipinski definition) is 5. The van der Waals surface area contributed by atoms with Crippen molar-refractivity contribution < 1.29 is 5.11 Å². The van der Waals surface area contributed by atoms with Gasteiger partial charge in [0.1, 0.15) is 0 Å². The minimum Gasteiger partial charge on any atom is -0.391 e. The van der Waals surface area contributed by atoms with Crippen molar-refractivity contribution in [1.82, 2.24) is 4.98 Å². The zero-order valence-corrected chi connectivity index (χ0v) is 13.0. The van der Waals surface area contributed by atoms with Crippen molar-refractivity contribution in [2.24, 2.45) is 0 Å². The van der Waals surface area contributed by atoms with Gasteiger partial charge in [0.25, 0.3) is 0 Å². The third-order valence-corrected chi connectivity index (χ3v) is 5.32. The molecule has 0 bridgehead atoms. The van der Waals surface area contributed by atoms with Crippen LogP contribution in [0.3, 0.4) is 0 Å². The first-order valence-electron chi connectivity index (χ1n) is 6.49. The quantitative estimate of drug-likeness (QED) is 0.835. The topological polar surface area (TPSA) is 36.4 Å². The molecule has 102 valence electrons. The van der Waals surface area contributed by atoms with E-state index in [0.29, 0.717) is 12.0 Å². The summed E-state index contributed by atoms with van der Waals surface area (Å²) in [5.74, 6) is 1.80. The van der Waals surface area contributed by atoms with Crippen molar-refractivity contribution in [3.8, 4) is 0 Å². The van der Waals surface area contributed by atoms with E-state index < -0.39 is 0 Å². The Morgan fingerprint density at radius 1 is 1.56 bits per heavy atom. The molecule has 1 aromatic heterocycles. The van der Waals surface area contributed by atoms with E-state index in [1.165, 1.54) is 25.0 Å². The SMILES string of the molecule is CSCCC(C)N(C)c1nc(C2CC2)c(CO)s1. The number of rotatable bonds is 7. The van der Waals surface area contributed by atoms with Gasteiger partial charge in [0.15, 0.2) is 5.13 Å². The van der Waals surface area contributed by atoms with Crippen LogP contribution in [0, 0.1) is 0 Å². The molecule has 2 rings (SSSR count). The molecule has 1 heterocycles. The van der Waals surface area contributed by atoms with Gasteiger partial charge in [-0.3, -0.25) is 0 Å². The molecule has 1 aromatic rings. The predicted octanol–water partition coefficient (Wildman–Crippen LogP) is 3.09. The number of aromatic nitrogens is 1. The summed E-state index contributed by atoms with van der Waals surface area (Å²) in [4.78, 5) is 8.07. The highest BCUT2D eigenvalue weighted by molar-refractivity contribution is 7.98. The van der Waals surface area contributed by atoms with Crippen molar-refractivity contribution in [2.45, 2.75) is 44.8 Å². The lowest BCUT2D eigenvalue weighted by Crippen LogP contribution is -2.29. The van der Waals surface area contributed by atoms with Gasteiger partial charge >= 0.3 is 0 Å². The van der Waals surface area contributed by atoms with E-state index >= 15 is 0 Å². The van der Waals surface area contributed by atoms with E-state index in [1.807, 2.05) is 11.8 Å². The molecule has 1 unspecified atom stereocenters.